The zero-order valence-corrected chi connectivity index (χ0v) is 26.1. The summed E-state index contributed by atoms with van der Waals surface area (Å²) in [5.41, 5.74) is 7.89. The second-order valence-corrected chi connectivity index (χ2v) is 12.1. The van der Waals surface area contributed by atoms with Gasteiger partial charge in [0, 0.05) is 72.2 Å². The topological polar surface area (TPSA) is 167 Å². The summed E-state index contributed by atoms with van der Waals surface area (Å²) in [5.74, 6) is -1.69. The largest absolute Gasteiger partial charge is 0.471 e. The lowest BCUT2D eigenvalue weighted by Crippen LogP contribution is -2.39. The second kappa shape index (κ2) is 14.8. The van der Waals surface area contributed by atoms with Gasteiger partial charge >= 0.3 is 12.1 Å². The van der Waals surface area contributed by atoms with E-state index in [9.17, 15) is 27.6 Å². The van der Waals surface area contributed by atoms with Crippen molar-refractivity contribution in [1.82, 2.24) is 35.2 Å². The van der Waals surface area contributed by atoms with Gasteiger partial charge in [-0.2, -0.15) is 13.2 Å². The van der Waals surface area contributed by atoms with E-state index >= 15 is 0 Å². The number of hydrogen-bond donors (Lipinski definition) is 2. The van der Waals surface area contributed by atoms with E-state index in [2.05, 4.69) is 36.0 Å². The lowest BCUT2D eigenvalue weighted by Gasteiger charge is -2.41. The minimum atomic E-state index is -5.02. The molecule has 2 fully saturated rings. The molecule has 2 aliphatic carbocycles. The zero-order valence-electron chi connectivity index (χ0n) is 26.1. The van der Waals surface area contributed by atoms with Gasteiger partial charge in [0.2, 0.25) is 0 Å². The first-order valence-corrected chi connectivity index (χ1v) is 15.6. The maximum atomic E-state index is 12.1. The van der Waals surface area contributed by atoms with E-state index in [1.807, 2.05) is 36.5 Å². The van der Waals surface area contributed by atoms with Crippen LogP contribution in [0.15, 0.2) is 73.6 Å². The number of nitrogens with one attached hydrogen (secondary N) is 1. The Morgan fingerprint density at radius 2 is 1.12 bits per heavy atom. The molecule has 4 heterocycles. The first kappa shape index (κ1) is 34.4. The Bertz CT molecular complexity index is 1700. The Hall–Kier alpha value is -4.98. The molecule has 1 amide bonds. The molecule has 14 heteroatoms. The number of nitrogens with two attached hydrogens (primary N) is 1. The number of alkyl halides is 3. The maximum Gasteiger partial charge on any atom is 0.471 e. The molecule has 250 valence electrons. The molecule has 0 spiro atoms. The molecule has 4 aromatic rings. The molecule has 11 nitrogen and oxygen atoms in total. The summed E-state index contributed by atoms with van der Waals surface area (Å²) in [6, 6.07) is 11.8. The van der Waals surface area contributed by atoms with E-state index in [-0.39, 0.29) is 28.7 Å². The van der Waals surface area contributed by atoms with Crippen molar-refractivity contribution in [2.45, 2.75) is 68.4 Å². The molecular formula is C34H35F3N8O3. The molecule has 48 heavy (non-hydrogen) atoms. The number of rotatable bonds is 11. The Labute approximate surface area is 275 Å². The van der Waals surface area contributed by atoms with E-state index in [1.165, 1.54) is 24.1 Å². The van der Waals surface area contributed by atoms with Crippen molar-refractivity contribution in [2.24, 2.45) is 5.73 Å². The van der Waals surface area contributed by atoms with Crippen LogP contribution in [0.25, 0.3) is 0 Å². The van der Waals surface area contributed by atoms with Crippen LogP contribution in [0.5, 0.6) is 0 Å². The maximum absolute atomic E-state index is 12.1. The number of amides is 1. The summed E-state index contributed by atoms with van der Waals surface area (Å²) in [7, 11) is 0. The highest BCUT2D eigenvalue weighted by atomic mass is 19.4. The lowest BCUT2D eigenvalue weighted by molar-refractivity contribution is -0.173. The highest BCUT2D eigenvalue weighted by Crippen LogP contribution is 2.45. The van der Waals surface area contributed by atoms with Crippen LogP contribution in [0.1, 0.15) is 82.3 Å². The number of pyridine rings is 2. The molecule has 2 aliphatic rings. The summed E-state index contributed by atoms with van der Waals surface area (Å²) in [6.45, 7) is -0.778. The van der Waals surface area contributed by atoms with Gasteiger partial charge in [-0.1, -0.05) is 25.0 Å². The molecule has 6 rings (SSSR count). The van der Waals surface area contributed by atoms with Crippen molar-refractivity contribution < 1.29 is 27.6 Å². The monoisotopic (exact) mass is 660 g/mol. The number of Topliss-reactive ketones (excluding diaryl/α,β-unsaturated/α-hetero) is 2. The summed E-state index contributed by atoms with van der Waals surface area (Å²) in [5, 5.41) is 1.54. The predicted molar refractivity (Wildman–Crippen MR) is 168 cm³/mol. The van der Waals surface area contributed by atoms with Crippen molar-refractivity contribution in [2.75, 3.05) is 13.1 Å². The standard InChI is InChI=1S/C18H17F3N4O2.C16H18N4O/c19-18(20,21)16(27)25-11-13(26)12-9-23-15(24-10-12)8-17(5-3-6-17)14-4-1-2-7-22-14;17-9-13(21)12-10-19-15(20-11-12)8-16(5-3-6-16)14-4-1-2-7-18-14/h1-2,4,7,9-10H,3,5-6,8,11H2,(H,25,27);1-2,4,7,10-11H,3,5-6,8-9,17H2. The molecular weight excluding hydrogens is 625 g/mol. The molecule has 2 saturated carbocycles. The minimum absolute atomic E-state index is 0.0133. The van der Waals surface area contributed by atoms with Gasteiger partial charge in [-0.05, 0) is 49.9 Å². The van der Waals surface area contributed by atoms with Crippen LogP contribution in [0.4, 0.5) is 13.2 Å². The molecule has 0 radical (unpaired) electrons. The Morgan fingerprint density at radius 1 is 0.688 bits per heavy atom. The number of halogens is 3. The van der Waals surface area contributed by atoms with Gasteiger partial charge < -0.3 is 11.1 Å². The van der Waals surface area contributed by atoms with Crippen molar-refractivity contribution in [3.63, 3.8) is 0 Å². The number of carbonyl (C=O) groups excluding carboxylic acids is 3. The summed E-state index contributed by atoms with van der Waals surface area (Å²) < 4.78 is 36.4. The molecule has 0 bridgehead atoms. The number of aromatic nitrogens is 6. The summed E-state index contributed by atoms with van der Waals surface area (Å²) >= 11 is 0. The van der Waals surface area contributed by atoms with Gasteiger partial charge in [-0.15, -0.1) is 0 Å². The smallest absolute Gasteiger partial charge is 0.341 e. The van der Waals surface area contributed by atoms with Gasteiger partial charge in [0.15, 0.2) is 11.6 Å². The van der Waals surface area contributed by atoms with Crippen LogP contribution < -0.4 is 11.1 Å². The quantitative estimate of drug-likeness (QED) is 0.224. The van der Waals surface area contributed by atoms with Gasteiger partial charge in [0.05, 0.1) is 24.2 Å². The van der Waals surface area contributed by atoms with Gasteiger partial charge in [0.1, 0.15) is 11.6 Å². The highest BCUT2D eigenvalue weighted by molar-refractivity contribution is 5.99. The third-order valence-electron chi connectivity index (χ3n) is 8.94. The SMILES string of the molecule is NCC(=O)c1cnc(CC2(c3ccccn3)CCC2)nc1.O=C(CNC(=O)C(F)(F)F)c1cnc(CC2(c3ccccn3)CCC2)nc1. The van der Waals surface area contributed by atoms with Crippen molar-refractivity contribution in [3.05, 3.63) is 108 Å². The molecule has 0 unspecified atom stereocenters. The van der Waals surface area contributed by atoms with E-state index in [0.717, 1.165) is 55.7 Å². The summed E-state index contributed by atoms with van der Waals surface area (Å²) in [4.78, 5) is 60.1. The van der Waals surface area contributed by atoms with Crippen LogP contribution in [-0.4, -0.2) is 66.6 Å². The zero-order chi connectivity index (χ0) is 34.2. The van der Waals surface area contributed by atoms with E-state index in [4.69, 9.17) is 5.73 Å². The molecule has 0 atom stereocenters. The van der Waals surface area contributed by atoms with Crippen LogP contribution in [0, 0.1) is 0 Å². The molecule has 0 saturated heterocycles. The molecule has 0 aromatic carbocycles. The first-order chi connectivity index (χ1) is 23.0. The third-order valence-corrected chi connectivity index (χ3v) is 8.94. The third kappa shape index (κ3) is 8.11. The minimum Gasteiger partial charge on any atom is -0.341 e. The molecule has 4 aromatic heterocycles. The Morgan fingerprint density at radius 3 is 1.46 bits per heavy atom. The summed E-state index contributed by atoms with van der Waals surface area (Å²) in [6.07, 6.45) is 12.0. The Kier molecular flexibility index (Phi) is 10.6. The normalized spacial score (nSPS) is 15.9. The van der Waals surface area contributed by atoms with Gasteiger partial charge in [-0.3, -0.25) is 24.4 Å². The predicted octanol–water partition coefficient (Wildman–Crippen LogP) is 4.07. The van der Waals surface area contributed by atoms with Crippen LogP contribution in [0.3, 0.4) is 0 Å². The number of carbonyl (C=O) groups is 3. The number of ketones is 2. The van der Waals surface area contributed by atoms with Gasteiger partial charge in [-0.25, -0.2) is 19.9 Å². The van der Waals surface area contributed by atoms with Crippen molar-refractivity contribution >= 4 is 17.5 Å². The van der Waals surface area contributed by atoms with Crippen LogP contribution >= 0.6 is 0 Å². The van der Waals surface area contributed by atoms with Crippen molar-refractivity contribution in [3.8, 4) is 0 Å². The first-order valence-electron chi connectivity index (χ1n) is 15.6. The van der Waals surface area contributed by atoms with E-state index in [0.29, 0.717) is 17.8 Å². The number of hydrogen-bond acceptors (Lipinski definition) is 10. The van der Waals surface area contributed by atoms with Crippen LogP contribution in [0.2, 0.25) is 0 Å². The van der Waals surface area contributed by atoms with Crippen LogP contribution in [-0.2, 0) is 28.5 Å². The van der Waals surface area contributed by atoms with Crippen molar-refractivity contribution in [1.29, 1.82) is 0 Å². The average Bonchev–Trinajstić information content (AvgIpc) is 3.07. The highest BCUT2D eigenvalue weighted by Gasteiger charge is 2.42. The fourth-order valence-corrected chi connectivity index (χ4v) is 5.87. The lowest BCUT2D eigenvalue weighted by atomic mass is 9.64. The number of nitrogens with zero attached hydrogens (tertiary/aromatic N) is 6. The Balaban J connectivity index is 0.000000194. The fourth-order valence-electron chi connectivity index (χ4n) is 5.87. The van der Waals surface area contributed by atoms with Gasteiger partial charge in [0.25, 0.3) is 0 Å². The second-order valence-electron chi connectivity index (χ2n) is 12.1. The fraction of sp³-hybridized carbons (Fsp3) is 0.382. The molecule has 0 aliphatic heterocycles. The van der Waals surface area contributed by atoms with E-state index < -0.39 is 24.4 Å². The molecule has 3 N–H and O–H groups in total. The van der Waals surface area contributed by atoms with E-state index in [1.54, 1.807) is 18.6 Å². The average molecular weight is 661 g/mol.